The van der Waals surface area contributed by atoms with Crippen LogP contribution in [-0.2, 0) is 22.3 Å². The van der Waals surface area contributed by atoms with E-state index in [0.717, 1.165) is 25.9 Å². The molecule has 0 saturated heterocycles. The Labute approximate surface area is 151 Å². The molecular formula is C21H30N2O2. The number of rotatable bonds is 11. The number of ether oxygens (including phenoxy) is 2. The van der Waals surface area contributed by atoms with Crippen LogP contribution in [0.3, 0.4) is 0 Å². The lowest BCUT2D eigenvalue weighted by atomic mass is 10.1. The molecule has 2 N–H and O–H groups in total. The molecule has 1 atom stereocenters. The van der Waals surface area contributed by atoms with E-state index in [1.165, 1.54) is 11.1 Å². The Balaban J connectivity index is 1.92. The summed E-state index contributed by atoms with van der Waals surface area (Å²) in [6, 6.07) is 21.0. The van der Waals surface area contributed by atoms with Gasteiger partial charge in [0.2, 0.25) is 0 Å². The highest BCUT2D eigenvalue weighted by molar-refractivity contribution is 5.16. The second kappa shape index (κ2) is 11.0. The van der Waals surface area contributed by atoms with E-state index in [9.17, 15) is 0 Å². The molecule has 0 aliphatic carbocycles. The molecule has 2 rings (SSSR count). The van der Waals surface area contributed by atoms with Crippen molar-refractivity contribution in [2.45, 2.75) is 25.2 Å². The van der Waals surface area contributed by atoms with E-state index in [2.05, 4.69) is 53.4 Å². The SMILES string of the molecule is COC(CN(CCc1ccccc1)C[C@@H](N)Cc1ccccc1)OC. The topological polar surface area (TPSA) is 47.7 Å². The number of hydrogen-bond donors (Lipinski definition) is 1. The minimum absolute atomic E-state index is 0.0764. The molecule has 4 nitrogen and oxygen atoms in total. The summed E-state index contributed by atoms with van der Waals surface area (Å²) >= 11 is 0. The van der Waals surface area contributed by atoms with Gasteiger partial charge >= 0.3 is 0 Å². The standard InChI is InChI=1S/C21H30N2O2/c1-24-21(25-2)17-23(14-13-18-9-5-3-6-10-18)16-20(22)15-19-11-7-4-8-12-19/h3-12,20-21H,13-17,22H2,1-2H3/t20-/m0/s1. The largest absolute Gasteiger partial charge is 0.355 e. The maximum atomic E-state index is 6.41. The van der Waals surface area contributed by atoms with E-state index in [-0.39, 0.29) is 12.3 Å². The summed E-state index contributed by atoms with van der Waals surface area (Å²) in [5.74, 6) is 0. The first-order chi connectivity index (χ1) is 12.2. The molecule has 0 aliphatic heterocycles. The first-order valence-corrected chi connectivity index (χ1v) is 8.82. The predicted molar refractivity (Wildman–Crippen MR) is 103 cm³/mol. The molecule has 0 radical (unpaired) electrons. The molecule has 25 heavy (non-hydrogen) atoms. The Bertz CT molecular complexity index is 573. The molecule has 0 amide bonds. The zero-order valence-corrected chi connectivity index (χ0v) is 15.3. The molecule has 0 unspecified atom stereocenters. The van der Waals surface area contributed by atoms with Gasteiger partial charge in [0.25, 0.3) is 0 Å². The molecule has 4 heteroatoms. The zero-order chi connectivity index (χ0) is 17.9. The average Bonchev–Trinajstić information content (AvgIpc) is 2.65. The van der Waals surface area contributed by atoms with E-state index >= 15 is 0 Å². The third-order valence-electron chi connectivity index (χ3n) is 4.33. The highest BCUT2D eigenvalue weighted by atomic mass is 16.7. The Morgan fingerprint density at radius 2 is 1.40 bits per heavy atom. The number of hydrogen-bond acceptors (Lipinski definition) is 4. The second-order valence-corrected chi connectivity index (χ2v) is 6.35. The van der Waals surface area contributed by atoms with Crippen molar-refractivity contribution in [2.75, 3.05) is 33.9 Å². The molecule has 0 heterocycles. The van der Waals surface area contributed by atoms with Crippen LogP contribution in [0.25, 0.3) is 0 Å². The Morgan fingerprint density at radius 1 is 0.840 bits per heavy atom. The molecule has 0 aliphatic rings. The lowest BCUT2D eigenvalue weighted by molar-refractivity contribution is -0.116. The number of methoxy groups -OCH3 is 2. The summed E-state index contributed by atoms with van der Waals surface area (Å²) in [4.78, 5) is 2.33. The van der Waals surface area contributed by atoms with Crippen LogP contribution < -0.4 is 5.73 Å². The summed E-state index contributed by atoms with van der Waals surface area (Å²) in [7, 11) is 3.35. The van der Waals surface area contributed by atoms with E-state index < -0.39 is 0 Å². The molecule has 136 valence electrons. The van der Waals surface area contributed by atoms with Gasteiger partial charge in [0.1, 0.15) is 0 Å². The van der Waals surface area contributed by atoms with E-state index in [1.807, 2.05) is 12.1 Å². The maximum absolute atomic E-state index is 6.41. The fourth-order valence-electron chi connectivity index (χ4n) is 2.96. The van der Waals surface area contributed by atoms with Crippen molar-refractivity contribution in [1.29, 1.82) is 0 Å². The number of nitrogens with zero attached hydrogens (tertiary/aromatic N) is 1. The first-order valence-electron chi connectivity index (χ1n) is 8.82. The van der Waals surface area contributed by atoms with Crippen molar-refractivity contribution in [3.63, 3.8) is 0 Å². The summed E-state index contributed by atoms with van der Waals surface area (Å²) in [6.45, 7) is 2.45. The first kappa shape index (κ1) is 19.6. The lowest BCUT2D eigenvalue weighted by Crippen LogP contribution is -2.44. The highest BCUT2D eigenvalue weighted by Crippen LogP contribution is 2.07. The quantitative estimate of drug-likeness (QED) is 0.638. The van der Waals surface area contributed by atoms with Gasteiger partial charge < -0.3 is 15.2 Å². The Kier molecular flexibility index (Phi) is 8.63. The fraction of sp³-hybridized carbons (Fsp3) is 0.429. The Morgan fingerprint density at radius 3 is 1.96 bits per heavy atom. The van der Waals surface area contributed by atoms with Gasteiger partial charge in [-0.3, -0.25) is 4.90 Å². The third kappa shape index (κ3) is 7.36. The molecular weight excluding hydrogens is 312 g/mol. The van der Waals surface area contributed by atoms with Gasteiger partial charge in [0, 0.05) is 39.9 Å². The number of nitrogens with two attached hydrogens (primary N) is 1. The van der Waals surface area contributed by atoms with Crippen LogP contribution in [0.5, 0.6) is 0 Å². The van der Waals surface area contributed by atoms with Gasteiger partial charge in [0.05, 0.1) is 0 Å². The molecule has 0 spiro atoms. The van der Waals surface area contributed by atoms with Gasteiger partial charge in [-0.2, -0.15) is 0 Å². The smallest absolute Gasteiger partial charge is 0.169 e. The van der Waals surface area contributed by atoms with Crippen LogP contribution in [0.15, 0.2) is 60.7 Å². The van der Waals surface area contributed by atoms with Gasteiger partial charge in [-0.25, -0.2) is 0 Å². The van der Waals surface area contributed by atoms with Gasteiger partial charge in [-0.05, 0) is 24.0 Å². The van der Waals surface area contributed by atoms with Crippen LogP contribution in [-0.4, -0.2) is 51.1 Å². The van der Waals surface area contributed by atoms with Crippen LogP contribution in [0, 0.1) is 0 Å². The van der Waals surface area contributed by atoms with Gasteiger partial charge in [-0.1, -0.05) is 60.7 Å². The fourth-order valence-corrected chi connectivity index (χ4v) is 2.96. The molecule has 2 aromatic carbocycles. The minimum atomic E-state index is -0.236. The number of benzene rings is 2. The third-order valence-corrected chi connectivity index (χ3v) is 4.33. The molecule has 2 aromatic rings. The van der Waals surface area contributed by atoms with Crippen molar-refractivity contribution in [3.05, 3.63) is 71.8 Å². The average molecular weight is 342 g/mol. The lowest BCUT2D eigenvalue weighted by Gasteiger charge is -2.28. The van der Waals surface area contributed by atoms with Gasteiger partial charge in [-0.15, -0.1) is 0 Å². The normalized spacial score (nSPS) is 12.7. The van der Waals surface area contributed by atoms with E-state index in [0.29, 0.717) is 6.54 Å². The summed E-state index contributed by atoms with van der Waals surface area (Å²) in [5, 5.41) is 0. The van der Waals surface area contributed by atoms with E-state index in [4.69, 9.17) is 15.2 Å². The zero-order valence-electron chi connectivity index (χ0n) is 15.3. The molecule has 0 fully saturated rings. The Hall–Kier alpha value is -1.72. The van der Waals surface area contributed by atoms with Crippen LogP contribution >= 0.6 is 0 Å². The molecule has 0 bridgehead atoms. The summed E-state index contributed by atoms with van der Waals surface area (Å²) in [5.41, 5.74) is 9.01. The van der Waals surface area contributed by atoms with Crippen molar-refractivity contribution < 1.29 is 9.47 Å². The van der Waals surface area contributed by atoms with Crippen molar-refractivity contribution in [3.8, 4) is 0 Å². The molecule has 0 aromatic heterocycles. The van der Waals surface area contributed by atoms with Crippen molar-refractivity contribution in [2.24, 2.45) is 5.73 Å². The highest BCUT2D eigenvalue weighted by Gasteiger charge is 2.16. The van der Waals surface area contributed by atoms with Crippen LogP contribution in [0.1, 0.15) is 11.1 Å². The monoisotopic (exact) mass is 342 g/mol. The van der Waals surface area contributed by atoms with Crippen LogP contribution in [0.4, 0.5) is 0 Å². The van der Waals surface area contributed by atoms with Crippen LogP contribution in [0.2, 0.25) is 0 Å². The molecule has 0 saturated carbocycles. The predicted octanol–water partition coefficient (Wildman–Crippen LogP) is 2.72. The summed E-state index contributed by atoms with van der Waals surface area (Å²) < 4.78 is 10.8. The maximum Gasteiger partial charge on any atom is 0.169 e. The summed E-state index contributed by atoms with van der Waals surface area (Å²) in [6.07, 6.45) is 1.62. The minimum Gasteiger partial charge on any atom is -0.355 e. The van der Waals surface area contributed by atoms with Crippen molar-refractivity contribution >= 4 is 0 Å². The van der Waals surface area contributed by atoms with Crippen molar-refractivity contribution in [1.82, 2.24) is 4.90 Å². The van der Waals surface area contributed by atoms with E-state index in [1.54, 1.807) is 14.2 Å². The second-order valence-electron chi connectivity index (χ2n) is 6.35. The van der Waals surface area contributed by atoms with Gasteiger partial charge in [0.15, 0.2) is 6.29 Å².